The molecule has 9 nitrogen and oxygen atoms in total. The Hall–Kier alpha value is -2.36. The fourth-order valence-corrected chi connectivity index (χ4v) is 6.01. The number of hydrogen-bond acceptors (Lipinski definition) is 7. The van der Waals surface area contributed by atoms with Gasteiger partial charge in [-0.1, -0.05) is 26.7 Å². The van der Waals surface area contributed by atoms with Gasteiger partial charge < -0.3 is 19.4 Å². The number of nitrogens with zero attached hydrogens (tertiary/aromatic N) is 1. The van der Waals surface area contributed by atoms with E-state index in [-0.39, 0.29) is 41.2 Å². The van der Waals surface area contributed by atoms with Crippen molar-refractivity contribution < 1.29 is 32.0 Å². The lowest BCUT2D eigenvalue weighted by molar-refractivity contribution is -0.156. The van der Waals surface area contributed by atoms with Crippen molar-refractivity contribution in [1.29, 1.82) is 0 Å². The van der Waals surface area contributed by atoms with Crippen molar-refractivity contribution in [2.45, 2.75) is 64.1 Å². The van der Waals surface area contributed by atoms with E-state index in [2.05, 4.69) is 5.32 Å². The van der Waals surface area contributed by atoms with E-state index in [1.807, 2.05) is 0 Å². The van der Waals surface area contributed by atoms with Gasteiger partial charge in [-0.3, -0.25) is 9.59 Å². The fraction of sp³-hybridized carbons (Fsp3) is 0.667. The molecule has 1 unspecified atom stereocenters. The third-order valence-corrected chi connectivity index (χ3v) is 7.65. The first-order chi connectivity index (χ1) is 14.7. The van der Waals surface area contributed by atoms with Gasteiger partial charge in [-0.25, -0.2) is 13.2 Å². The monoisotopic (exact) mass is 454 g/mol. The van der Waals surface area contributed by atoms with E-state index >= 15 is 0 Å². The van der Waals surface area contributed by atoms with E-state index in [9.17, 15) is 22.8 Å². The number of sulfone groups is 1. The highest BCUT2D eigenvalue weighted by atomic mass is 32.2. The van der Waals surface area contributed by atoms with E-state index < -0.39 is 34.4 Å². The molecule has 0 spiro atoms. The molecule has 1 aliphatic carbocycles. The molecule has 2 heterocycles. The molecule has 1 aromatic heterocycles. The van der Waals surface area contributed by atoms with Crippen LogP contribution >= 0.6 is 0 Å². The minimum absolute atomic E-state index is 0.0240. The second-order valence-corrected chi connectivity index (χ2v) is 10.8. The summed E-state index contributed by atoms with van der Waals surface area (Å²) in [5, 5.41) is 2.58. The summed E-state index contributed by atoms with van der Waals surface area (Å²) in [7, 11) is -3.15. The van der Waals surface area contributed by atoms with Crippen LogP contribution in [-0.2, 0) is 24.2 Å². The number of esters is 1. The topological polar surface area (TPSA) is 123 Å². The summed E-state index contributed by atoms with van der Waals surface area (Å²) in [6, 6.07) is 1.70. The molecule has 31 heavy (non-hydrogen) atoms. The van der Waals surface area contributed by atoms with Crippen LogP contribution in [-0.4, -0.2) is 67.3 Å². The number of nitrogens with one attached hydrogen (secondary N) is 1. The molecule has 3 rings (SSSR count). The van der Waals surface area contributed by atoms with Gasteiger partial charge in [-0.15, -0.1) is 0 Å². The first kappa shape index (κ1) is 23.3. The number of rotatable bonds is 8. The van der Waals surface area contributed by atoms with E-state index in [1.54, 1.807) is 24.8 Å². The Kier molecular flexibility index (Phi) is 7.40. The predicted octanol–water partition coefficient (Wildman–Crippen LogP) is 1.54. The molecule has 2 fully saturated rings. The van der Waals surface area contributed by atoms with E-state index in [0.29, 0.717) is 6.42 Å². The lowest BCUT2D eigenvalue weighted by Crippen LogP contribution is -2.50. The van der Waals surface area contributed by atoms with Crippen molar-refractivity contribution in [1.82, 2.24) is 10.2 Å². The Balaban J connectivity index is 1.62. The molecule has 1 N–H and O–H groups in total. The molecule has 1 saturated heterocycles. The Morgan fingerprint density at radius 1 is 1.19 bits per heavy atom. The van der Waals surface area contributed by atoms with Crippen LogP contribution in [0.5, 0.6) is 0 Å². The van der Waals surface area contributed by atoms with Crippen molar-refractivity contribution in [2.75, 3.05) is 18.1 Å². The third-order valence-electron chi connectivity index (χ3n) is 5.90. The minimum atomic E-state index is -3.15. The van der Waals surface area contributed by atoms with Crippen LogP contribution in [0.15, 0.2) is 22.8 Å². The van der Waals surface area contributed by atoms with Crippen LogP contribution in [0.25, 0.3) is 0 Å². The molecule has 172 valence electrons. The summed E-state index contributed by atoms with van der Waals surface area (Å²) in [5.74, 6) is -1.82. The van der Waals surface area contributed by atoms with Crippen molar-refractivity contribution in [3.63, 3.8) is 0 Å². The smallest absolute Gasteiger partial charge is 0.329 e. The van der Waals surface area contributed by atoms with E-state index in [0.717, 1.165) is 25.7 Å². The maximum atomic E-state index is 13.0. The molecule has 2 aliphatic rings. The van der Waals surface area contributed by atoms with Gasteiger partial charge >= 0.3 is 5.97 Å². The average molecular weight is 455 g/mol. The Labute approximate surface area is 182 Å². The Morgan fingerprint density at radius 3 is 2.45 bits per heavy atom. The number of carbonyl (C=O) groups excluding carboxylic acids is 3. The molecule has 0 radical (unpaired) electrons. The second-order valence-electron chi connectivity index (χ2n) is 8.58. The molecular weight excluding hydrogens is 424 g/mol. The molecule has 1 saturated carbocycles. The molecule has 1 aromatic rings. The zero-order valence-corrected chi connectivity index (χ0v) is 18.7. The molecule has 1 aliphatic heterocycles. The SMILES string of the molecule is CC(C)[C@H](NC(=O)c1ccco1)C(=O)OCC(=O)N(C1CCCC1)C1CCS(=O)(=O)C1. The van der Waals surface area contributed by atoms with Gasteiger partial charge in [0, 0.05) is 12.1 Å². The zero-order chi connectivity index (χ0) is 22.6. The molecule has 2 atom stereocenters. The van der Waals surface area contributed by atoms with Crippen molar-refractivity contribution in [3.05, 3.63) is 24.2 Å². The molecule has 2 amide bonds. The first-order valence-corrected chi connectivity index (χ1v) is 12.5. The quantitative estimate of drug-likeness (QED) is 0.591. The van der Waals surface area contributed by atoms with Crippen molar-refractivity contribution in [2.24, 2.45) is 5.92 Å². The molecule has 0 bridgehead atoms. The van der Waals surface area contributed by atoms with Crippen LogP contribution in [0.1, 0.15) is 56.5 Å². The van der Waals surface area contributed by atoms with E-state index in [1.165, 1.54) is 12.3 Å². The Morgan fingerprint density at radius 2 is 1.90 bits per heavy atom. The molecule has 0 aromatic carbocycles. The summed E-state index contributed by atoms with van der Waals surface area (Å²) in [6.45, 7) is 3.03. The highest BCUT2D eigenvalue weighted by Gasteiger charge is 2.39. The average Bonchev–Trinajstić information content (AvgIpc) is 3.46. The highest BCUT2D eigenvalue weighted by molar-refractivity contribution is 7.91. The van der Waals surface area contributed by atoms with Crippen molar-refractivity contribution >= 4 is 27.6 Å². The van der Waals surface area contributed by atoms with Gasteiger partial charge in [0.2, 0.25) is 0 Å². The van der Waals surface area contributed by atoms with Crippen LogP contribution < -0.4 is 5.32 Å². The maximum absolute atomic E-state index is 13.0. The van der Waals surface area contributed by atoms with Gasteiger partial charge in [0.15, 0.2) is 22.2 Å². The molecular formula is C21H30N2O7S. The van der Waals surface area contributed by atoms with Gasteiger partial charge in [-0.2, -0.15) is 0 Å². The standard InChI is InChI=1S/C21H30N2O7S/c1-14(2)19(22-20(25)17-8-5-10-29-17)21(26)30-12-18(24)23(15-6-3-4-7-15)16-9-11-31(27,28)13-16/h5,8,10,14-16,19H,3-4,6-7,9,11-13H2,1-2H3,(H,22,25)/t16?,19-/m0/s1. The largest absolute Gasteiger partial charge is 0.459 e. The van der Waals surface area contributed by atoms with Crippen molar-refractivity contribution in [3.8, 4) is 0 Å². The number of hydrogen-bond donors (Lipinski definition) is 1. The van der Waals surface area contributed by atoms with Crippen LogP contribution in [0.3, 0.4) is 0 Å². The Bertz CT molecular complexity index is 889. The zero-order valence-electron chi connectivity index (χ0n) is 17.9. The van der Waals surface area contributed by atoms with Crippen LogP contribution in [0, 0.1) is 5.92 Å². The number of furan rings is 1. The third kappa shape index (κ3) is 5.87. The number of carbonyl (C=O) groups is 3. The van der Waals surface area contributed by atoms with Gasteiger partial charge in [0.1, 0.15) is 6.04 Å². The lowest BCUT2D eigenvalue weighted by Gasteiger charge is -2.34. The van der Waals surface area contributed by atoms with Gasteiger partial charge in [0.05, 0.1) is 17.8 Å². The summed E-state index contributed by atoms with van der Waals surface area (Å²) in [6.07, 6.45) is 5.39. The number of ether oxygens (including phenoxy) is 1. The van der Waals surface area contributed by atoms with E-state index in [4.69, 9.17) is 9.15 Å². The van der Waals surface area contributed by atoms with Crippen LogP contribution in [0.2, 0.25) is 0 Å². The number of amides is 2. The normalized spacial score (nSPS) is 21.7. The summed E-state index contributed by atoms with van der Waals surface area (Å²) in [5.41, 5.74) is 0. The summed E-state index contributed by atoms with van der Waals surface area (Å²) < 4.78 is 34.2. The highest BCUT2D eigenvalue weighted by Crippen LogP contribution is 2.29. The summed E-state index contributed by atoms with van der Waals surface area (Å²) in [4.78, 5) is 39.5. The maximum Gasteiger partial charge on any atom is 0.329 e. The van der Waals surface area contributed by atoms with Gasteiger partial charge in [-0.05, 0) is 37.3 Å². The van der Waals surface area contributed by atoms with Crippen LogP contribution in [0.4, 0.5) is 0 Å². The summed E-state index contributed by atoms with van der Waals surface area (Å²) >= 11 is 0. The lowest BCUT2D eigenvalue weighted by atomic mass is 10.0. The van der Waals surface area contributed by atoms with Gasteiger partial charge in [0.25, 0.3) is 11.8 Å². The fourth-order valence-electron chi connectivity index (χ4n) is 4.30. The molecule has 10 heteroatoms. The first-order valence-electron chi connectivity index (χ1n) is 10.7. The minimum Gasteiger partial charge on any atom is -0.459 e. The second kappa shape index (κ2) is 9.84. The predicted molar refractivity (Wildman–Crippen MR) is 112 cm³/mol.